The Kier molecular flexibility index (Phi) is 9.97. The molecule has 0 aliphatic carbocycles. The molecule has 0 aliphatic rings. The highest BCUT2D eigenvalue weighted by Gasteiger charge is 2.24. The highest BCUT2D eigenvalue weighted by Crippen LogP contribution is 2.10. The number of amides is 1. The van der Waals surface area contributed by atoms with E-state index in [0.29, 0.717) is 12.5 Å². The van der Waals surface area contributed by atoms with E-state index >= 15 is 0 Å². The van der Waals surface area contributed by atoms with Gasteiger partial charge in [-0.25, -0.2) is 13.6 Å². The normalized spacial score (nSPS) is 12.1. The molecule has 1 aromatic rings. The van der Waals surface area contributed by atoms with Crippen LogP contribution in [-0.4, -0.2) is 36.8 Å². The number of guanidine groups is 1. The van der Waals surface area contributed by atoms with E-state index in [2.05, 4.69) is 20.9 Å². The van der Waals surface area contributed by atoms with Gasteiger partial charge in [-0.2, -0.15) is 0 Å². The zero-order valence-corrected chi connectivity index (χ0v) is 18.9. The molecule has 0 radical (unpaired) electrons. The fraction of sp³-hybridized carbons (Fsp3) is 0.556. The molecule has 0 heterocycles. The lowest BCUT2D eigenvalue weighted by molar-refractivity contribution is 0.0474. The minimum Gasteiger partial charge on any atom is -0.444 e. The van der Waals surface area contributed by atoms with Gasteiger partial charge < -0.3 is 20.7 Å². The molecule has 1 amide bonds. The number of ether oxygens (including phenoxy) is 1. The maximum Gasteiger partial charge on any atom is 0.408 e. The standard InChI is InChI=1S/C18H28F2N4O2.HI/c1-17(2,3)26-16(25)24-18(4,5)11-23-15(21-6)22-10-12-9-13(19)7-8-14(12)20;/h7-9H,10-11H2,1-6H3,(H,24,25)(H2,21,22,23);1H. The van der Waals surface area contributed by atoms with E-state index in [1.165, 1.54) is 0 Å². The number of alkyl carbamates (subject to hydrolysis) is 1. The molecule has 27 heavy (non-hydrogen) atoms. The van der Waals surface area contributed by atoms with Crippen molar-refractivity contribution in [2.45, 2.75) is 52.3 Å². The number of nitrogens with one attached hydrogen (secondary N) is 3. The minimum absolute atomic E-state index is 0. The van der Waals surface area contributed by atoms with Crippen molar-refractivity contribution in [3.8, 4) is 0 Å². The van der Waals surface area contributed by atoms with Crippen LogP contribution in [0.5, 0.6) is 0 Å². The van der Waals surface area contributed by atoms with Crippen LogP contribution in [0.3, 0.4) is 0 Å². The summed E-state index contributed by atoms with van der Waals surface area (Å²) < 4.78 is 32.1. The second-order valence-corrected chi connectivity index (χ2v) is 7.53. The molecule has 1 aromatic carbocycles. The lowest BCUT2D eigenvalue weighted by Crippen LogP contribution is -2.54. The summed E-state index contributed by atoms with van der Waals surface area (Å²) in [6.07, 6.45) is -0.519. The molecule has 0 saturated carbocycles. The van der Waals surface area contributed by atoms with Gasteiger partial charge in [-0.3, -0.25) is 4.99 Å². The van der Waals surface area contributed by atoms with Crippen LogP contribution in [0.4, 0.5) is 13.6 Å². The molecule has 0 fully saturated rings. The van der Waals surface area contributed by atoms with Crippen molar-refractivity contribution < 1.29 is 18.3 Å². The Morgan fingerprint density at radius 1 is 1.15 bits per heavy atom. The Bertz CT molecular complexity index is 661. The number of halogens is 3. The van der Waals surface area contributed by atoms with Gasteiger partial charge in [0.2, 0.25) is 0 Å². The van der Waals surface area contributed by atoms with Gasteiger partial charge in [0.15, 0.2) is 5.96 Å². The van der Waals surface area contributed by atoms with Crippen LogP contribution in [0, 0.1) is 11.6 Å². The first-order valence-electron chi connectivity index (χ1n) is 8.31. The van der Waals surface area contributed by atoms with Gasteiger partial charge >= 0.3 is 6.09 Å². The van der Waals surface area contributed by atoms with Crippen LogP contribution in [0.25, 0.3) is 0 Å². The number of aliphatic imine (C=N–C) groups is 1. The van der Waals surface area contributed by atoms with Crippen molar-refractivity contribution in [2.75, 3.05) is 13.6 Å². The van der Waals surface area contributed by atoms with Gasteiger partial charge in [-0.1, -0.05) is 0 Å². The fourth-order valence-electron chi connectivity index (χ4n) is 2.01. The predicted octanol–water partition coefficient (Wildman–Crippen LogP) is 3.55. The van der Waals surface area contributed by atoms with Gasteiger partial charge in [0.1, 0.15) is 17.2 Å². The SMILES string of the molecule is CN=C(NCc1cc(F)ccc1F)NCC(C)(C)NC(=O)OC(C)(C)C.I. The molecule has 3 N–H and O–H groups in total. The first-order chi connectivity index (χ1) is 11.9. The van der Waals surface area contributed by atoms with E-state index in [4.69, 9.17) is 4.74 Å². The number of carbonyl (C=O) groups is 1. The van der Waals surface area contributed by atoms with Crippen molar-refractivity contribution in [3.63, 3.8) is 0 Å². The largest absolute Gasteiger partial charge is 0.444 e. The average molecular weight is 498 g/mol. The van der Waals surface area contributed by atoms with Gasteiger partial charge in [0.25, 0.3) is 0 Å². The van der Waals surface area contributed by atoms with Crippen LogP contribution in [-0.2, 0) is 11.3 Å². The average Bonchev–Trinajstić information content (AvgIpc) is 2.48. The molecular weight excluding hydrogens is 469 g/mol. The molecule has 1 rings (SSSR count). The zero-order chi connectivity index (χ0) is 20.0. The maximum atomic E-state index is 13.6. The molecule has 0 atom stereocenters. The maximum absolute atomic E-state index is 13.6. The van der Waals surface area contributed by atoms with Crippen LogP contribution in [0.15, 0.2) is 23.2 Å². The second kappa shape index (κ2) is 10.6. The third kappa shape index (κ3) is 10.3. The molecule has 0 aromatic heterocycles. The van der Waals surface area contributed by atoms with Crippen molar-refractivity contribution >= 4 is 36.0 Å². The minimum atomic E-state index is -0.621. The molecule has 0 aliphatic heterocycles. The van der Waals surface area contributed by atoms with E-state index in [1.54, 1.807) is 27.8 Å². The molecule has 6 nitrogen and oxygen atoms in total. The molecule has 9 heteroatoms. The summed E-state index contributed by atoms with van der Waals surface area (Å²) in [5.74, 6) is -0.608. The van der Waals surface area contributed by atoms with Crippen LogP contribution >= 0.6 is 24.0 Å². The lowest BCUT2D eigenvalue weighted by atomic mass is 10.1. The smallest absolute Gasteiger partial charge is 0.408 e. The van der Waals surface area contributed by atoms with Crippen molar-refractivity contribution in [2.24, 2.45) is 4.99 Å². The first kappa shape index (κ1) is 25.4. The molecule has 0 spiro atoms. The van der Waals surface area contributed by atoms with E-state index in [-0.39, 0.29) is 36.1 Å². The monoisotopic (exact) mass is 498 g/mol. The van der Waals surface area contributed by atoms with Crippen LogP contribution < -0.4 is 16.0 Å². The van der Waals surface area contributed by atoms with Crippen molar-refractivity contribution in [1.29, 1.82) is 0 Å². The predicted molar refractivity (Wildman–Crippen MR) is 113 cm³/mol. The Balaban J connectivity index is 0.00000676. The molecule has 0 bridgehead atoms. The highest BCUT2D eigenvalue weighted by atomic mass is 127. The number of hydrogen-bond acceptors (Lipinski definition) is 3. The van der Waals surface area contributed by atoms with Gasteiger partial charge in [-0.05, 0) is 52.8 Å². The van der Waals surface area contributed by atoms with E-state index < -0.39 is 28.9 Å². The zero-order valence-electron chi connectivity index (χ0n) is 16.6. The molecule has 0 unspecified atom stereocenters. The summed E-state index contributed by atoms with van der Waals surface area (Å²) in [7, 11) is 1.56. The van der Waals surface area contributed by atoms with Crippen molar-refractivity contribution in [3.05, 3.63) is 35.4 Å². The molecular formula is C18H29F2IN4O2. The summed E-state index contributed by atoms with van der Waals surface area (Å²) >= 11 is 0. The Morgan fingerprint density at radius 2 is 1.78 bits per heavy atom. The number of nitrogens with zero attached hydrogens (tertiary/aromatic N) is 1. The van der Waals surface area contributed by atoms with E-state index in [1.807, 2.05) is 13.8 Å². The highest BCUT2D eigenvalue weighted by molar-refractivity contribution is 14.0. The van der Waals surface area contributed by atoms with Gasteiger partial charge in [0, 0.05) is 25.7 Å². The summed E-state index contributed by atoms with van der Waals surface area (Å²) in [5, 5.41) is 8.71. The van der Waals surface area contributed by atoms with E-state index in [9.17, 15) is 13.6 Å². The Labute approximate surface area is 176 Å². The lowest BCUT2D eigenvalue weighted by Gasteiger charge is -2.29. The molecule has 0 saturated heterocycles. The van der Waals surface area contributed by atoms with Crippen LogP contribution in [0.1, 0.15) is 40.2 Å². The second-order valence-electron chi connectivity index (χ2n) is 7.53. The van der Waals surface area contributed by atoms with Crippen molar-refractivity contribution in [1.82, 2.24) is 16.0 Å². The Hall–Kier alpha value is -1.65. The summed E-state index contributed by atoms with van der Waals surface area (Å²) in [5.41, 5.74) is -1.01. The third-order valence-electron chi connectivity index (χ3n) is 3.21. The number of hydrogen-bond donors (Lipinski definition) is 3. The topological polar surface area (TPSA) is 74.8 Å². The first-order valence-corrected chi connectivity index (χ1v) is 8.31. The number of rotatable bonds is 5. The number of benzene rings is 1. The van der Waals surface area contributed by atoms with E-state index in [0.717, 1.165) is 18.2 Å². The molecule has 154 valence electrons. The third-order valence-corrected chi connectivity index (χ3v) is 3.21. The number of carbonyl (C=O) groups excluding carboxylic acids is 1. The summed E-state index contributed by atoms with van der Waals surface area (Å²) in [6, 6.07) is 3.27. The summed E-state index contributed by atoms with van der Waals surface area (Å²) in [6.45, 7) is 9.42. The van der Waals surface area contributed by atoms with Crippen LogP contribution in [0.2, 0.25) is 0 Å². The van der Waals surface area contributed by atoms with Gasteiger partial charge in [0.05, 0.1) is 5.54 Å². The Morgan fingerprint density at radius 3 is 2.33 bits per heavy atom. The summed E-state index contributed by atoms with van der Waals surface area (Å²) in [4.78, 5) is 15.9. The fourth-order valence-corrected chi connectivity index (χ4v) is 2.01. The quantitative estimate of drug-likeness (QED) is 0.330. The van der Waals surface area contributed by atoms with Gasteiger partial charge in [-0.15, -0.1) is 24.0 Å².